The topological polar surface area (TPSA) is 29.3 Å². The van der Waals surface area contributed by atoms with Crippen LogP contribution in [-0.4, -0.2) is 16.2 Å². The van der Waals surface area contributed by atoms with Gasteiger partial charge in [-0.05, 0) is 37.4 Å². The molecule has 0 saturated heterocycles. The largest absolute Gasteiger partial charge is 0.310 e. The van der Waals surface area contributed by atoms with E-state index in [1.165, 1.54) is 36.8 Å². The summed E-state index contributed by atoms with van der Waals surface area (Å²) < 4.78 is 1.98. The van der Waals surface area contributed by atoms with Crippen LogP contribution in [0.4, 0.5) is 0 Å². The molecule has 0 saturated carbocycles. The highest BCUT2D eigenvalue weighted by molar-refractivity contribution is 5.54. The van der Waals surface area contributed by atoms with Gasteiger partial charge in [0.2, 0.25) is 0 Å². The molecular weight excluding hydrogens is 246 g/mol. The van der Waals surface area contributed by atoms with Gasteiger partial charge in [0.25, 0.3) is 0 Å². The molecule has 110 valence electrons. The van der Waals surface area contributed by atoms with Crippen LogP contribution in [0.2, 0.25) is 0 Å². The summed E-state index contributed by atoms with van der Waals surface area (Å²) >= 11 is 0. The molecule has 0 amide bonds. The third-order valence-electron chi connectivity index (χ3n) is 4.20. The van der Waals surface area contributed by atoms with Gasteiger partial charge in [0.15, 0.2) is 0 Å². The number of nitrogens with zero attached hydrogens (tertiary/aromatic N) is 2. The quantitative estimate of drug-likeness (QED) is 0.781. The molecule has 0 aliphatic carbocycles. The molecular formula is C17H27N3. The Morgan fingerprint density at radius 1 is 1.20 bits per heavy atom. The van der Waals surface area contributed by atoms with Crippen molar-refractivity contribution in [2.75, 3.05) is 6.54 Å². The Bertz CT molecular complexity index is 514. The fraction of sp³-hybridized carbons (Fsp3) is 0.588. The van der Waals surface area contributed by atoms with E-state index in [-0.39, 0.29) is 0 Å². The van der Waals surface area contributed by atoms with Crippen LogP contribution in [0.15, 0.2) is 30.6 Å². The summed E-state index contributed by atoms with van der Waals surface area (Å²) in [6.45, 7) is 7.87. The van der Waals surface area contributed by atoms with Crippen LogP contribution >= 0.6 is 0 Å². The summed E-state index contributed by atoms with van der Waals surface area (Å²) in [7, 11) is 0. The molecule has 0 aliphatic heterocycles. The number of hydrogen-bond acceptors (Lipinski definition) is 2. The lowest BCUT2D eigenvalue weighted by molar-refractivity contribution is 0.372. The maximum absolute atomic E-state index is 4.48. The van der Waals surface area contributed by atoms with Crippen LogP contribution in [0.25, 0.3) is 5.52 Å². The second-order valence-electron chi connectivity index (χ2n) is 5.56. The van der Waals surface area contributed by atoms with Crippen molar-refractivity contribution in [1.82, 2.24) is 14.9 Å². The van der Waals surface area contributed by atoms with Crippen LogP contribution in [-0.2, 0) is 0 Å². The van der Waals surface area contributed by atoms with Crippen molar-refractivity contribution < 1.29 is 0 Å². The van der Waals surface area contributed by atoms with Gasteiger partial charge < -0.3 is 5.32 Å². The van der Waals surface area contributed by atoms with E-state index in [9.17, 15) is 0 Å². The van der Waals surface area contributed by atoms with Crippen LogP contribution in [0.3, 0.4) is 0 Å². The van der Waals surface area contributed by atoms with Crippen molar-refractivity contribution >= 4 is 5.52 Å². The molecule has 2 aromatic rings. The zero-order chi connectivity index (χ0) is 14.4. The first-order valence-electron chi connectivity index (χ1n) is 7.95. The number of nitrogens with one attached hydrogen (secondary N) is 1. The van der Waals surface area contributed by atoms with Gasteiger partial charge in [-0.2, -0.15) is 5.10 Å². The van der Waals surface area contributed by atoms with E-state index in [1.807, 2.05) is 23.0 Å². The first-order valence-corrected chi connectivity index (χ1v) is 7.95. The molecule has 3 heteroatoms. The third kappa shape index (κ3) is 3.40. The molecule has 3 nitrogen and oxygen atoms in total. The van der Waals surface area contributed by atoms with E-state index in [0.717, 1.165) is 12.5 Å². The highest BCUT2D eigenvalue weighted by atomic mass is 15.2. The van der Waals surface area contributed by atoms with Gasteiger partial charge in [0.1, 0.15) is 0 Å². The summed E-state index contributed by atoms with van der Waals surface area (Å²) in [5.41, 5.74) is 2.57. The predicted octanol–water partition coefficient (Wildman–Crippen LogP) is 4.20. The number of fused-ring (bicyclic) bond motifs is 1. The van der Waals surface area contributed by atoms with Gasteiger partial charge >= 0.3 is 0 Å². The number of pyridine rings is 1. The Morgan fingerprint density at radius 3 is 2.70 bits per heavy atom. The Balaban J connectivity index is 2.25. The molecule has 2 rings (SSSR count). The molecule has 0 aromatic carbocycles. The van der Waals surface area contributed by atoms with Crippen molar-refractivity contribution in [2.45, 2.75) is 52.5 Å². The van der Waals surface area contributed by atoms with E-state index in [4.69, 9.17) is 0 Å². The van der Waals surface area contributed by atoms with Crippen molar-refractivity contribution in [3.8, 4) is 0 Å². The van der Waals surface area contributed by atoms with Gasteiger partial charge in [0, 0.05) is 17.8 Å². The van der Waals surface area contributed by atoms with Crippen LogP contribution in [0.5, 0.6) is 0 Å². The fourth-order valence-corrected chi connectivity index (χ4v) is 2.82. The lowest BCUT2D eigenvalue weighted by atomic mass is 9.91. The molecule has 0 fully saturated rings. The van der Waals surface area contributed by atoms with Crippen molar-refractivity contribution in [2.24, 2.45) is 5.92 Å². The van der Waals surface area contributed by atoms with Crippen LogP contribution in [0, 0.1) is 5.92 Å². The second kappa shape index (κ2) is 7.44. The van der Waals surface area contributed by atoms with E-state index in [2.05, 4.69) is 43.3 Å². The standard InChI is InChI=1S/C17H27N3/c1-4-10-18-16(12-14(5-2)6-3)15-13-19-20-11-8-7-9-17(15)20/h7-9,11,13-14,16,18H,4-6,10,12H2,1-3H3. The molecule has 1 atom stereocenters. The average molecular weight is 273 g/mol. The predicted molar refractivity (Wildman–Crippen MR) is 84.9 cm³/mol. The summed E-state index contributed by atoms with van der Waals surface area (Å²) in [5, 5.41) is 8.19. The first-order chi connectivity index (χ1) is 9.80. The minimum atomic E-state index is 0.416. The molecule has 1 N–H and O–H groups in total. The van der Waals surface area contributed by atoms with Gasteiger partial charge in [-0.3, -0.25) is 0 Å². The Hall–Kier alpha value is -1.35. The zero-order valence-corrected chi connectivity index (χ0v) is 13.0. The molecule has 0 bridgehead atoms. The summed E-state index contributed by atoms with van der Waals surface area (Å²) in [5.74, 6) is 0.781. The molecule has 0 radical (unpaired) electrons. The molecule has 2 heterocycles. The zero-order valence-electron chi connectivity index (χ0n) is 13.0. The summed E-state index contributed by atoms with van der Waals surface area (Å²) in [6.07, 6.45) is 8.92. The molecule has 0 spiro atoms. The van der Waals surface area contributed by atoms with E-state index < -0.39 is 0 Å². The number of rotatable bonds is 8. The average Bonchev–Trinajstić information content (AvgIpc) is 2.92. The molecule has 1 unspecified atom stereocenters. The van der Waals surface area contributed by atoms with E-state index >= 15 is 0 Å². The molecule has 2 aromatic heterocycles. The van der Waals surface area contributed by atoms with Gasteiger partial charge in [-0.1, -0.05) is 39.7 Å². The van der Waals surface area contributed by atoms with Gasteiger partial charge in [-0.25, -0.2) is 4.52 Å². The van der Waals surface area contributed by atoms with E-state index in [0.29, 0.717) is 6.04 Å². The third-order valence-corrected chi connectivity index (χ3v) is 4.20. The van der Waals surface area contributed by atoms with Gasteiger partial charge in [-0.15, -0.1) is 0 Å². The minimum absolute atomic E-state index is 0.416. The number of aromatic nitrogens is 2. The molecule has 20 heavy (non-hydrogen) atoms. The highest BCUT2D eigenvalue weighted by Gasteiger charge is 2.19. The Kier molecular flexibility index (Phi) is 5.60. The monoisotopic (exact) mass is 273 g/mol. The maximum atomic E-state index is 4.48. The van der Waals surface area contributed by atoms with Crippen molar-refractivity contribution in [1.29, 1.82) is 0 Å². The summed E-state index contributed by atoms with van der Waals surface area (Å²) in [4.78, 5) is 0. The fourth-order valence-electron chi connectivity index (χ4n) is 2.82. The normalized spacial score (nSPS) is 13.2. The van der Waals surface area contributed by atoms with E-state index in [1.54, 1.807) is 0 Å². The Labute approximate surface area is 122 Å². The lowest BCUT2D eigenvalue weighted by Crippen LogP contribution is -2.24. The Morgan fingerprint density at radius 2 is 2.00 bits per heavy atom. The summed E-state index contributed by atoms with van der Waals surface area (Å²) in [6, 6.07) is 6.70. The highest BCUT2D eigenvalue weighted by Crippen LogP contribution is 2.28. The van der Waals surface area contributed by atoms with Crippen molar-refractivity contribution in [3.05, 3.63) is 36.2 Å². The molecule has 0 aliphatic rings. The smallest absolute Gasteiger partial charge is 0.0709 e. The van der Waals surface area contributed by atoms with Crippen molar-refractivity contribution in [3.63, 3.8) is 0 Å². The SMILES string of the molecule is CCCNC(CC(CC)CC)c1cnn2ccccc12. The lowest BCUT2D eigenvalue weighted by Gasteiger charge is -2.22. The number of hydrogen-bond donors (Lipinski definition) is 1. The maximum Gasteiger partial charge on any atom is 0.0709 e. The second-order valence-corrected chi connectivity index (χ2v) is 5.56. The minimum Gasteiger partial charge on any atom is -0.310 e. The van der Waals surface area contributed by atoms with Gasteiger partial charge in [0.05, 0.1) is 11.7 Å². The van der Waals surface area contributed by atoms with Crippen LogP contribution in [0.1, 0.15) is 58.1 Å². The first kappa shape index (κ1) is 15.0. The van der Waals surface area contributed by atoms with Crippen LogP contribution < -0.4 is 5.32 Å².